The summed E-state index contributed by atoms with van der Waals surface area (Å²) in [7, 11) is 0. The minimum atomic E-state index is -0.174. The molecule has 2 N–H and O–H groups in total. The lowest BCUT2D eigenvalue weighted by Gasteiger charge is -2.11. The highest BCUT2D eigenvalue weighted by Crippen LogP contribution is 2.10. The normalized spacial score (nSPS) is 18.3. The molecule has 1 amide bonds. The highest BCUT2D eigenvalue weighted by Gasteiger charge is 2.16. The number of aromatic nitrogens is 2. The van der Waals surface area contributed by atoms with Gasteiger partial charge >= 0.3 is 0 Å². The van der Waals surface area contributed by atoms with Gasteiger partial charge in [0.2, 0.25) is 5.91 Å². The van der Waals surface area contributed by atoms with Gasteiger partial charge in [-0.1, -0.05) is 12.2 Å². The predicted molar refractivity (Wildman–Crippen MR) is 70.4 cm³/mol. The van der Waals surface area contributed by atoms with E-state index in [1.807, 2.05) is 23.8 Å². The van der Waals surface area contributed by atoms with E-state index in [2.05, 4.69) is 29.6 Å². The van der Waals surface area contributed by atoms with Gasteiger partial charge in [0.15, 0.2) is 0 Å². The van der Waals surface area contributed by atoms with E-state index in [-0.39, 0.29) is 11.9 Å². The number of carbonyl (C=O) groups excluding carboxylic acids is 1. The summed E-state index contributed by atoms with van der Waals surface area (Å²) in [5.74, 6) is 0.0296. The zero-order chi connectivity index (χ0) is 13.1. The summed E-state index contributed by atoms with van der Waals surface area (Å²) in [6.45, 7) is 8.22. The van der Waals surface area contributed by atoms with Crippen molar-refractivity contribution in [2.75, 3.05) is 13.1 Å². The molecular formula is C13H20N4O. The second-order valence-corrected chi connectivity index (χ2v) is 4.62. The monoisotopic (exact) mass is 248 g/mol. The van der Waals surface area contributed by atoms with Crippen LogP contribution in [0.3, 0.4) is 0 Å². The van der Waals surface area contributed by atoms with Gasteiger partial charge in [0, 0.05) is 18.8 Å². The summed E-state index contributed by atoms with van der Waals surface area (Å²) < 4.78 is 1.95. The number of aryl methyl sites for hydroxylation is 1. The van der Waals surface area contributed by atoms with E-state index >= 15 is 0 Å². The van der Waals surface area contributed by atoms with Crippen LogP contribution in [-0.2, 0) is 11.3 Å². The molecule has 0 spiro atoms. The minimum absolute atomic E-state index is 0.0296. The molecule has 98 valence electrons. The van der Waals surface area contributed by atoms with Crippen LogP contribution in [0, 0.1) is 20.8 Å². The van der Waals surface area contributed by atoms with Crippen LogP contribution < -0.4 is 10.6 Å². The van der Waals surface area contributed by atoms with Gasteiger partial charge in [-0.2, -0.15) is 5.10 Å². The molecule has 1 aromatic heterocycles. The van der Waals surface area contributed by atoms with Gasteiger partial charge in [0.05, 0.1) is 12.2 Å². The van der Waals surface area contributed by atoms with Crippen LogP contribution >= 0.6 is 0 Å². The standard InChI is InChI=1S/C13H20N4O/c1-9-10(2)16-17(11(9)3)8-7-15-13(18)12-5-4-6-14-12/h4-5,12,14H,6-8H2,1-3H3,(H,15,18). The van der Waals surface area contributed by atoms with Gasteiger partial charge in [0.25, 0.3) is 0 Å². The first kappa shape index (κ1) is 12.8. The molecule has 1 aromatic rings. The number of hydrogen-bond donors (Lipinski definition) is 2. The largest absolute Gasteiger partial charge is 0.353 e. The Labute approximate surface area is 107 Å². The number of nitrogens with one attached hydrogen (secondary N) is 2. The van der Waals surface area contributed by atoms with Crippen molar-refractivity contribution in [3.8, 4) is 0 Å². The highest BCUT2D eigenvalue weighted by atomic mass is 16.2. The molecular weight excluding hydrogens is 228 g/mol. The molecule has 0 aliphatic carbocycles. The van der Waals surface area contributed by atoms with Crippen LogP contribution in [-0.4, -0.2) is 34.8 Å². The molecule has 1 unspecified atom stereocenters. The van der Waals surface area contributed by atoms with Crippen LogP contribution in [0.25, 0.3) is 0 Å². The van der Waals surface area contributed by atoms with Gasteiger partial charge in [-0.3, -0.25) is 14.8 Å². The number of amides is 1. The Balaban J connectivity index is 1.83. The van der Waals surface area contributed by atoms with Gasteiger partial charge in [-0.25, -0.2) is 0 Å². The fourth-order valence-corrected chi connectivity index (χ4v) is 2.05. The fourth-order valence-electron chi connectivity index (χ4n) is 2.05. The minimum Gasteiger partial charge on any atom is -0.353 e. The summed E-state index contributed by atoms with van der Waals surface area (Å²) in [6, 6.07) is -0.174. The zero-order valence-corrected chi connectivity index (χ0v) is 11.2. The van der Waals surface area contributed by atoms with Crippen molar-refractivity contribution in [2.45, 2.75) is 33.4 Å². The number of nitrogens with zero attached hydrogens (tertiary/aromatic N) is 2. The summed E-state index contributed by atoms with van der Waals surface area (Å²) >= 11 is 0. The first-order valence-corrected chi connectivity index (χ1v) is 6.28. The smallest absolute Gasteiger partial charge is 0.241 e. The highest BCUT2D eigenvalue weighted by molar-refractivity contribution is 5.84. The third-order valence-corrected chi connectivity index (χ3v) is 3.43. The third kappa shape index (κ3) is 2.61. The van der Waals surface area contributed by atoms with Crippen molar-refractivity contribution in [2.24, 2.45) is 0 Å². The Morgan fingerprint density at radius 2 is 2.33 bits per heavy atom. The first-order chi connectivity index (χ1) is 8.59. The van der Waals surface area contributed by atoms with Crippen molar-refractivity contribution in [1.82, 2.24) is 20.4 Å². The molecule has 2 rings (SSSR count). The molecule has 1 atom stereocenters. The summed E-state index contributed by atoms with van der Waals surface area (Å²) in [5.41, 5.74) is 3.45. The molecule has 0 fully saturated rings. The van der Waals surface area contributed by atoms with Gasteiger partial charge in [-0.05, 0) is 26.3 Å². The Morgan fingerprint density at radius 3 is 2.89 bits per heavy atom. The van der Waals surface area contributed by atoms with E-state index in [9.17, 15) is 4.79 Å². The van der Waals surface area contributed by atoms with E-state index in [1.54, 1.807) is 0 Å². The van der Waals surface area contributed by atoms with Gasteiger partial charge in [-0.15, -0.1) is 0 Å². The van der Waals surface area contributed by atoms with Crippen molar-refractivity contribution in [1.29, 1.82) is 0 Å². The van der Waals surface area contributed by atoms with E-state index in [1.165, 1.54) is 11.3 Å². The van der Waals surface area contributed by atoms with E-state index < -0.39 is 0 Å². The fraction of sp³-hybridized carbons (Fsp3) is 0.538. The Morgan fingerprint density at radius 1 is 1.56 bits per heavy atom. The second kappa shape index (κ2) is 5.35. The number of rotatable bonds is 4. The van der Waals surface area contributed by atoms with Crippen molar-refractivity contribution in [3.63, 3.8) is 0 Å². The lowest BCUT2D eigenvalue weighted by atomic mass is 10.2. The first-order valence-electron chi connectivity index (χ1n) is 6.28. The number of hydrogen-bond acceptors (Lipinski definition) is 3. The molecule has 0 saturated heterocycles. The van der Waals surface area contributed by atoms with Crippen molar-refractivity contribution >= 4 is 5.91 Å². The lowest BCUT2D eigenvalue weighted by molar-refractivity contribution is -0.121. The molecule has 18 heavy (non-hydrogen) atoms. The second-order valence-electron chi connectivity index (χ2n) is 4.62. The third-order valence-electron chi connectivity index (χ3n) is 3.43. The van der Waals surface area contributed by atoms with Crippen molar-refractivity contribution < 1.29 is 4.79 Å². The maximum Gasteiger partial charge on any atom is 0.241 e. The SMILES string of the molecule is Cc1nn(CCNC(=O)C2C=CCN2)c(C)c1C. The molecule has 1 aliphatic heterocycles. The van der Waals surface area contributed by atoms with Crippen LogP contribution in [0.5, 0.6) is 0 Å². The topological polar surface area (TPSA) is 59.0 Å². The predicted octanol–water partition coefficient (Wildman–Crippen LogP) is 0.453. The van der Waals surface area contributed by atoms with Crippen molar-refractivity contribution in [3.05, 3.63) is 29.1 Å². The van der Waals surface area contributed by atoms with Crippen LogP contribution in [0.2, 0.25) is 0 Å². The van der Waals surface area contributed by atoms with Crippen LogP contribution in [0.1, 0.15) is 17.0 Å². The van der Waals surface area contributed by atoms with Crippen LogP contribution in [0.4, 0.5) is 0 Å². The molecule has 2 heterocycles. The quantitative estimate of drug-likeness (QED) is 0.761. The average Bonchev–Trinajstić information content (AvgIpc) is 2.95. The van der Waals surface area contributed by atoms with E-state index in [0.29, 0.717) is 13.1 Å². The molecule has 5 heteroatoms. The molecule has 0 aromatic carbocycles. The molecule has 0 saturated carbocycles. The van der Waals surface area contributed by atoms with Crippen LogP contribution in [0.15, 0.2) is 12.2 Å². The molecule has 5 nitrogen and oxygen atoms in total. The van der Waals surface area contributed by atoms with E-state index in [0.717, 1.165) is 12.2 Å². The van der Waals surface area contributed by atoms with Gasteiger partial charge in [0.1, 0.15) is 6.04 Å². The molecule has 0 bridgehead atoms. The maximum absolute atomic E-state index is 11.7. The maximum atomic E-state index is 11.7. The Kier molecular flexibility index (Phi) is 3.81. The summed E-state index contributed by atoms with van der Waals surface area (Å²) in [6.07, 6.45) is 3.86. The van der Waals surface area contributed by atoms with Gasteiger partial charge < -0.3 is 5.32 Å². The van der Waals surface area contributed by atoms with E-state index in [4.69, 9.17) is 0 Å². The zero-order valence-electron chi connectivity index (χ0n) is 11.2. The molecule has 1 aliphatic rings. The summed E-state index contributed by atoms with van der Waals surface area (Å²) in [4.78, 5) is 11.7. The Bertz CT molecular complexity index is 476. The lowest BCUT2D eigenvalue weighted by Crippen LogP contribution is -2.41. The molecule has 0 radical (unpaired) electrons. The summed E-state index contributed by atoms with van der Waals surface area (Å²) in [5, 5.41) is 10.4. The average molecular weight is 248 g/mol. The number of carbonyl (C=O) groups is 1. The Hall–Kier alpha value is -1.62.